The molecule has 9 heavy (non-hydrogen) atoms. The molecule has 0 N–H and O–H groups in total. The summed E-state index contributed by atoms with van der Waals surface area (Å²) >= 11 is 0. The van der Waals surface area contributed by atoms with Gasteiger partial charge >= 0.3 is 0 Å². The van der Waals surface area contributed by atoms with Gasteiger partial charge in [-0.05, 0) is 18.2 Å². The fourth-order valence-electron chi connectivity index (χ4n) is 0.480. The fourth-order valence-corrected chi connectivity index (χ4v) is 0.480. The summed E-state index contributed by atoms with van der Waals surface area (Å²) in [5.41, 5.74) is 0. The van der Waals surface area contributed by atoms with E-state index in [1.54, 1.807) is 30.8 Å². The van der Waals surface area contributed by atoms with Gasteiger partial charge in [0.2, 0.25) is 0 Å². The molecule has 0 saturated carbocycles. The number of allylic oxidation sites excluding steroid dienone is 2. The molecule has 0 aromatic heterocycles. The highest BCUT2D eigenvalue weighted by molar-refractivity contribution is 4.99. The van der Waals surface area contributed by atoms with Gasteiger partial charge in [0.25, 0.3) is 6.29 Å². The van der Waals surface area contributed by atoms with E-state index < -0.39 is 0 Å². The second-order valence-corrected chi connectivity index (χ2v) is 1.53. The van der Waals surface area contributed by atoms with E-state index in [4.69, 9.17) is 9.47 Å². The lowest BCUT2D eigenvalue weighted by molar-refractivity contribution is -0.0200. The molecule has 1 aliphatic heterocycles. The van der Waals surface area contributed by atoms with Crippen LogP contribution in [0.3, 0.4) is 0 Å². The molecule has 0 amide bonds. The lowest BCUT2D eigenvalue weighted by Gasteiger charge is -2.08. The Balaban J connectivity index is 2.49. The summed E-state index contributed by atoms with van der Waals surface area (Å²) in [4.78, 5) is 0. The van der Waals surface area contributed by atoms with Crippen molar-refractivity contribution in [1.82, 2.24) is 0 Å². The number of hydrogen-bond donors (Lipinski definition) is 0. The molecule has 0 bridgehead atoms. The molecule has 2 nitrogen and oxygen atoms in total. The van der Waals surface area contributed by atoms with Crippen molar-refractivity contribution < 1.29 is 9.47 Å². The van der Waals surface area contributed by atoms with Crippen molar-refractivity contribution in [3.05, 3.63) is 37.3 Å². The molecule has 0 radical (unpaired) electrons. The molecule has 1 rings (SSSR count). The first-order chi connectivity index (χ1) is 4.43. The normalized spacial score (nSPS) is 17.8. The standard InChI is InChI=1S/C7H8O2/c1-2-7-8-5-3-4-6-9-7/h2-7H,1H2. The Hall–Kier alpha value is -1.18. The molecule has 48 valence electrons. The van der Waals surface area contributed by atoms with Crippen LogP contribution in [0.25, 0.3) is 0 Å². The van der Waals surface area contributed by atoms with E-state index in [1.807, 2.05) is 0 Å². The Morgan fingerprint density at radius 3 is 2.22 bits per heavy atom. The Morgan fingerprint density at radius 1 is 1.22 bits per heavy atom. The predicted octanol–water partition coefficient (Wildman–Crippen LogP) is 1.57. The third-order valence-electron chi connectivity index (χ3n) is 0.886. The largest absolute Gasteiger partial charge is 0.459 e. The van der Waals surface area contributed by atoms with Gasteiger partial charge in [0, 0.05) is 0 Å². The Morgan fingerprint density at radius 2 is 1.78 bits per heavy atom. The molecule has 0 unspecified atom stereocenters. The second kappa shape index (κ2) is 2.97. The van der Waals surface area contributed by atoms with Gasteiger partial charge in [-0.3, -0.25) is 0 Å². The van der Waals surface area contributed by atoms with Gasteiger partial charge in [-0.15, -0.1) is 0 Å². The van der Waals surface area contributed by atoms with E-state index in [1.165, 1.54) is 0 Å². The van der Waals surface area contributed by atoms with Crippen LogP contribution in [0, 0.1) is 0 Å². The van der Waals surface area contributed by atoms with E-state index >= 15 is 0 Å². The van der Waals surface area contributed by atoms with Gasteiger partial charge in [-0.1, -0.05) is 6.58 Å². The zero-order valence-electron chi connectivity index (χ0n) is 4.99. The van der Waals surface area contributed by atoms with Crippen molar-refractivity contribution in [1.29, 1.82) is 0 Å². The Labute approximate surface area is 54.1 Å². The van der Waals surface area contributed by atoms with Crippen LogP contribution >= 0.6 is 0 Å². The van der Waals surface area contributed by atoms with Gasteiger partial charge in [0.15, 0.2) is 0 Å². The number of rotatable bonds is 1. The smallest absolute Gasteiger partial charge is 0.258 e. The monoisotopic (exact) mass is 124 g/mol. The first kappa shape index (κ1) is 5.95. The first-order valence-corrected chi connectivity index (χ1v) is 2.68. The van der Waals surface area contributed by atoms with Crippen LogP contribution in [-0.4, -0.2) is 6.29 Å². The average Bonchev–Trinajstić information content (AvgIpc) is 2.13. The summed E-state index contributed by atoms with van der Waals surface area (Å²) in [6, 6.07) is 0. The van der Waals surface area contributed by atoms with E-state index in [9.17, 15) is 0 Å². The van der Waals surface area contributed by atoms with Crippen LogP contribution in [0.4, 0.5) is 0 Å². The molecule has 0 saturated heterocycles. The highest BCUT2D eigenvalue weighted by Gasteiger charge is 1.99. The summed E-state index contributed by atoms with van der Waals surface area (Å²) < 4.78 is 9.94. The average molecular weight is 124 g/mol. The molecule has 0 fully saturated rings. The van der Waals surface area contributed by atoms with Crippen molar-refractivity contribution in [3.63, 3.8) is 0 Å². The quantitative estimate of drug-likeness (QED) is 0.494. The highest BCUT2D eigenvalue weighted by atomic mass is 16.7. The van der Waals surface area contributed by atoms with Gasteiger partial charge in [-0.2, -0.15) is 0 Å². The number of ether oxygens (including phenoxy) is 2. The third-order valence-corrected chi connectivity index (χ3v) is 0.886. The topological polar surface area (TPSA) is 18.5 Å². The molecule has 2 heteroatoms. The molecule has 0 spiro atoms. The molecule has 0 aliphatic carbocycles. The van der Waals surface area contributed by atoms with E-state index in [0.717, 1.165) is 0 Å². The predicted molar refractivity (Wildman–Crippen MR) is 34.4 cm³/mol. The lowest BCUT2D eigenvalue weighted by Crippen LogP contribution is -2.05. The van der Waals surface area contributed by atoms with Crippen molar-refractivity contribution >= 4 is 0 Å². The Bertz CT molecular complexity index is 133. The minimum absolute atomic E-state index is 0.333. The van der Waals surface area contributed by atoms with Crippen molar-refractivity contribution in [2.75, 3.05) is 0 Å². The lowest BCUT2D eigenvalue weighted by atomic mass is 10.6. The summed E-state index contributed by atoms with van der Waals surface area (Å²) in [7, 11) is 0. The van der Waals surface area contributed by atoms with Crippen LogP contribution in [0.2, 0.25) is 0 Å². The van der Waals surface area contributed by atoms with Crippen LogP contribution in [0.5, 0.6) is 0 Å². The Kier molecular flexibility index (Phi) is 1.96. The fraction of sp³-hybridized carbons (Fsp3) is 0.143. The molecule has 1 aliphatic rings. The highest BCUT2D eigenvalue weighted by Crippen LogP contribution is 2.01. The minimum Gasteiger partial charge on any atom is -0.459 e. The second-order valence-electron chi connectivity index (χ2n) is 1.53. The summed E-state index contributed by atoms with van der Waals surface area (Å²) in [5, 5.41) is 0. The SMILES string of the molecule is C=CC1OC=CC=CO1. The van der Waals surface area contributed by atoms with E-state index in [-0.39, 0.29) is 6.29 Å². The minimum atomic E-state index is -0.333. The molecule has 1 heterocycles. The van der Waals surface area contributed by atoms with Crippen LogP contribution < -0.4 is 0 Å². The number of hydrogen-bond acceptors (Lipinski definition) is 2. The van der Waals surface area contributed by atoms with Crippen molar-refractivity contribution in [3.8, 4) is 0 Å². The molecule has 0 aromatic carbocycles. The van der Waals surface area contributed by atoms with Gasteiger partial charge in [0.1, 0.15) is 0 Å². The summed E-state index contributed by atoms with van der Waals surface area (Å²) in [5.74, 6) is 0. The van der Waals surface area contributed by atoms with Gasteiger partial charge < -0.3 is 9.47 Å². The molecule has 0 aromatic rings. The molecular formula is C7H8O2. The van der Waals surface area contributed by atoms with Crippen LogP contribution in [0.15, 0.2) is 37.3 Å². The zero-order chi connectivity index (χ0) is 6.53. The van der Waals surface area contributed by atoms with Crippen molar-refractivity contribution in [2.45, 2.75) is 6.29 Å². The van der Waals surface area contributed by atoms with Gasteiger partial charge in [-0.25, -0.2) is 0 Å². The first-order valence-electron chi connectivity index (χ1n) is 2.68. The molecule has 0 atom stereocenters. The summed E-state index contributed by atoms with van der Waals surface area (Å²) in [6.07, 6.45) is 7.89. The summed E-state index contributed by atoms with van der Waals surface area (Å²) in [6.45, 7) is 3.51. The maximum atomic E-state index is 4.97. The van der Waals surface area contributed by atoms with Crippen LogP contribution in [-0.2, 0) is 9.47 Å². The maximum absolute atomic E-state index is 4.97. The van der Waals surface area contributed by atoms with E-state index in [2.05, 4.69) is 6.58 Å². The van der Waals surface area contributed by atoms with Crippen LogP contribution in [0.1, 0.15) is 0 Å². The third kappa shape index (κ3) is 1.64. The molecular weight excluding hydrogens is 116 g/mol. The van der Waals surface area contributed by atoms with Gasteiger partial charge in [0.05, 0.1) is 12.5 Å². The zero-order valence-corrected chi connectivity index (χ0v) is 4.99. The van der Waals surface area contributed by atoms with E-state index in [0.29, 0.717) is 0 Å². The maximum Gasteiger partial charge on any atom is 0.258 e. The van der Waals surface area contributed by atoms with Crippen molar-refractivity contribution in [2.24, 2.45) is 0 Å².